The van der Waals surface area contributed by atoms with Crippen LogP contribution in [0.25, 0.3) is 0 Å². The number of nitrogens with zero attached hydrogens (tertiary/aromatic N) is 2. The highest BCUT2D eigenvalue weighted by Gasteiger charge is 2.36. The highest BCUT2D eigenvalue weighted by molar-refractivity contribution is 6.04. The third-order valence-electron chi connectivity index (χ3n) is 5.73. The van der Waals surface area contributed by atoms with Crippen molar-refractivity contribution in [3.63, 3.8) is 0 Å². The van der Waals surface area contributed by atoms with Crippen molar-refractivity contribution in [2.75, 3.05) is 35.3 Å². The fraction of sp³-hybridized carbons (Fsp3) is 0.348. The standard InChI is InChI=1S/C23H25N3O4/c1-3-21(27)25-11-10-15-12-17(8-9-19(15)25)26-14-16(13-22(26)28)23(29)24-18-6-4-5-7-20(18)30-2/h4-9,12,16H,3,10-11,13-14H2,1-2H3,(H,24,29)/t16-/m0/s1. The molecule has 0 unspecified atom stereocenters. The molecule has 3 amide bonds. The largest absolute Gasteiger partial charge is 0.495 e. The summed E-state index contributed by atoms with van der Waals surface area (Å²) < 4.78 is 5.28. The van der Waals surface area contributed by atoms with Crippen molar-refractivity contribution in [1.29, 1.82) is 0 Å². The molecule has 1 saturated heterocycles. The molecule has 2 aromatic rings. The molecule has 7 heteroatoms. The number of anilines is 3. The summed E-state index contributed by atoms with van der Waals surface area (Å²) in [5.41, 5.74) is 3.35. The number of hydrogen-bond acceptors (Lipinski definition) is 4. The van der Waals surface area contributed by atoms with Crippen LogP contribution in [0, 0.1) is 5.92 Å². The van der Waals surface area contributed by atoms with Gasteiger partial charge in [0.15, 0.2) is 0 Å². The van der Waals surface area contributed by atoms with Crippen LogP contribution < -0.4 is 19.9 Å². The predicted molar refractivity (Wildman–Crippen MR) is 115 cm³/mol. The van der Waals surface area contributed by atoms with Crippen LogP contribution in [0.2, 0.25) is 0 Å². The molecule has 1 atom stereocenters. The lowest BCUT2D eigenvalue weighted by molar-refractivity contribution is -0.122. The van der Waals surface area contributed by atoms with Gasteiger partial charge in [0.1, 0.15) is 5.75 Å². The number of fused-ring (bicyclic) bond motifs is 1. The molecule has 30 heavy (non-hydrogen) atoms. The van der Waals surface area contributed by atoms with Crippen LogP contribution in [-0.4, -0.2) is 37.9 Å². The number of rotatable bonds is 5. The SMILES string of the molecule is CCC(=O)N1CCc2cc(N3C[C@@H](C(=O)Nc4ccccc4OC)CC3=O)ccc21. The number of ether oxygens (including phenoxy) is 1. The number of carbonyl (C=O) groups excluding carboxylic acids is 3. The van der Waals surface area contributed by atoms with Crippen LogP contribution in [0.5, 0.6) is 5.75 Å². The van der Waals surface area contributed by atoms with Gasteiger partial charge in [-0.3, -0.25) is 14.4 Å². The number of amides is 3. The first kappa shape index (κ1) is 19.9. The number of methoxy groups -OCH3 is 1. The third kappa shape index (κ3) is 3.63. The molecule has 1 N–H and O–H groups in total. The van der Waals surface area contributed by atoms with E-state index in [0.29, 0.717) is 30.9 Å². The molecule has 0 bridgehead atoms. The highest BCUT2D eigenvalue weighted by atomic mass is 16.5. The molecule has 2 aliphatic heterocycles. The lowest BCUT2D eigenvalue weighted by atomic mass is 10.1. The van der Waals surface area contributed by atoms with E-state index in [1.165, 1.54) is 0 Å². The van der Waals surface area contributed by atoms with Gasteiger partial charge in [0, 0.05) is 37.3 Å². The minimum Gasteiger partial charge on any atom is -0.495 e. The van der Waals surface area contributed by atoms with Gasteiger partial charge >= 0.3 is 0 Å². The van der Waals surface area contributed by atoms with Crippen LogP contribution >= 0.6 is 0 Å². The smallest absolute Gasteiger partial charge is 0.229 e. The Bertz CT molecular complexity index is 1000. The lowest BCUT2D eigenvalue weighted by Crippen LogP contribution is -2.28. The van der Waals surface area contributed by atoms with Crippen LogP contribution in [-0.2, 0) is 20.8 Å². The molecule has 7 nitrogen and oxygen atoms in total. The summed E-state index contributed by atoms with van der Waals surface area (Å²) in [6, 6.07) is 12.9. The summed E-state index contributed by atoms with van der Waals surface area (Å²) in [4.78, 5) is 41.0. The van der Waals surface area contributed by atoms with Crippen molar-refractivity contribution in [2.24, 2.45) is 5.92 Å². The molecule has 2 heterocycles. The fourth-order valence-electron chi connectivity index (χ4n) is 4.12. The Labute approximate surface area is 175 Å². The van der Waals surface area contributed by atoms with E-state index in [1.807, 2.05) is 37.3 Å². The van der Waals surface area contributed by atoms with Gasteiger partial charge in [0.05, 0.1) is 18.7 Å². The predicted octanol–water partition coefficient (Wildman–Crippen LogP) is 2.99. The zero-order chi connectivity index (χ0) is 21.3. The van der Waals surface area contributed by atoms with Gasteiger partial charge in [0.2, 0.25) is 17.7 Å². The Kier molecular flexibility index (Phi) is 5.44. The maximum absolute atomic E-state index is 12.8. The fourth-order valence-corrected chi connectivity index (χ4v) is 4.12. The Hall–Kier alpha value is -3.35. The molecule has 2 aromatic carbocycles. The number of nitrogens with one attached hydrogen (secondary N) is 1. The minimum absolute atomic E-state index is 0.0744. The second kappa shape index (κ2) is 8.18. The van der Waals surface area contributed by atoms with Crippen LogP contribution in [0.3, 0.4) is 0 Å². The van der Waals surface area contributed by atoms with Crippen molar-refractivity contribution >= 4 is 34.8 Å². The molecule has 1 fully saturated rings. The molecule has 0 radical (unpaired) electrons. The summed E-state index contributed by atoms with van der Waals surface area (Å²) in [6.45, 7) is 2.85. The van der Waals surface area contributed by atoms with E-state index in [2.05, 4.69) is 5.32 Å². The van der Waals surface area contributed by atoms with Gasteiger partial charge in [-0.2, -0.15) is 0 Å². The van der Waals surface area contributed by atoms with Crippen molar-refractivity contribution in [1.82, 2.24) is 0 Å². The minimum atomic E-state index is -0.436. The van der Waals surface area contributed by atoms with Crippen LogP contribution in [0.15, 0.2) is 42.5 Å². The first-order chi connectivity index (χ1) is 14.5. The van der Waals surface area contributed by atoms with Crippen molar-refractivity contribution in [3.8, 4) is 5.75 Å². The molecule has 0 saturated carbocycles. The molecule has 2 aliphatic rings. The summed E-state index contributed by atoms with van der Waals surface area (Å²) in [5, 5.41) is 2.88. The second-order valence-electron chi connectivity index (χ2n) is 7.56. The molecule has 0 aromatic heterocycles. The van der Waals surface area contributed by atoms with E-state index >= 15 is 0 Å². The molecule has 0 spiro atoms. The second-order valence-corrected chi connectivity index (χ2v) is 7.56. The molecule has 156 valence electrons. The third-order valence-corrected chi connectivity index (χ3v) is 5.73. The Balaban J connectivity index is 1.48. The average molecular weight is 407 g/mol. The highest BCUT2D eigenvalue weighted by Crippen LogP contribution is 2.34. The van der Waals surface area contributed by atoms with E-state index in [-0.39, 0.29) is 24.1 Å². The van der Waals surface area contributed by atoms with E-state index in [0.717, 1.165) is 23.4 Å². The van der Waals surface area contributed by atoms with Gasteiger partial charge in [0.25, 0.3) is 0 Å². The summed E-state index contributed by atoms with van der Waals surface area (Å²) >= 11 is 0. The summed E-state index contributed by atoms with van der Waals surface area (Å²) in [5.74, 6) is -0.0247. The number of benzene rings is 2. The van der Waals surface area contributed by atoms with Gasteiger partial charge < -0.3 is 19.9 Å². The van der Waals surface area contributed by atoms with E-state index < -0.39 is 5.92 Å². The Morgan fingerprint density at radius 3 is 2.77 bits per heavy atom. The lowest BCUT2D eigenvalue weighted by Gasteiger charge is -2.20. The zero-order valence-corrected chi connectivity index (χ0v) is 17.2. The first-order valence-corrected chi connectivity index (χ1v) is 10.2. The number of carbonyl (C=O) groups is 3. The topological polar surface area (TPSA) is 79.0 Å². The number of para-hydroxylation sites is 2. The zero-order valence-electron chi connectivity index (χ0n) is 17.2. The van der Waals surface area contributed by atoms with Gasteiger partial charge in [-0.25, -0.2) is 0 Å². The Morgan fingerprint density at radius 1 is 1.20 bits per heavy atom. The monoisotopic (exact) mass is 407 g/mol. The van der Waals surface area contributed by atoms with Crippen molar-refractivity contribution in [2.45, 2.75) is 26.2 Å². The van der Waals surface area contributed by atoms with E-state index in [4.69, 9.17) is 4.74 Å². The summed E-state index contributed by atoms with van der Waals surface area (Å²) in [6.07, 6.45) is 1.40. The molecular weight excluding hydrogens is 382 g/mol. The van der Waals surface area contributed by atoms with Gasteiger partial charge in [-0.05, 0) is 42.3 Å². The van der Waals surface area contributed by atoms with E-state index in [9.17, 15) is 14.4 Å². The first-order valence-electron chi connectivity index (χ1n) is 10.2. The quantitative estimate of drug-likeness (QED) is 0.827. The van der Waals surface area contributed by atoms with E-state index in [1.54, 1.807) is 29.0 Å². The van der Waals surface area contributed by atoms with Crippen LogP contribution in [0.1, 0.15) is 25.3 Å². The molecule has 4 rings (SSSR count). The maximum atomic E-state index is 12.8. The number of hydrogen-bond donors (Lipinski definition) is 1. The molecule has 0 aliphatic carbocycles. The normalized spacial score (nSPS) is 17.8. The van der Waals surface area contributed by atoms with Crippen LogP contribution in [0.4, 0.5) is 17.1 Å². The van der Waals surface area contributed by atoms with Gasteiger partial charge in [-0.1, -0.05) is 19.1 Å². The maximum Gasteiger partial charge on any atom is 0.229 e. The average Bonchev–Trinajstić information content (AvgIpc) is 3.36. The summed E-state index contributed by atoms with van der Waals surface area (Å²) in [7, 11) is 1.55. The van der Waals surface area contributed by atoms with Gasteiger partial charge in [-0.15, -0.1) is 0 Å². The Morgan fingerprint density at radius 2 is 2.00 bits per heavy atom. The van der Waals surface area contributed by atoms with Crippen molar-refractivity contribution < 1.29 is 19.1 Å². The molecular formula is C23H25N3O4. The van der Waals surface area contributed by atoms with Crippen molar-refractivity contribution in [3.05, 3.63) is 48.0 Å².